The zero-order valence-electron chi connectivity index (χ0n) is 20.7. The second kappa shape index (κ2) is 11.3. The Hall–Kier alpha value is -2.17. The second-order valence-corrected chi connectivity index (χ2v) is 10.6. The Kier molecular flexibility index (Phi) is 8.34. The van der Waals surface area contributed by atoms with Gasteiger partial charge in [-0.15, -0.1) is 6.58 Å². The summed E-state index contributed by atoms with van der Waals surface area (Å²) < 4.78 is 60.1. The van der Waals surface area contributed by atoms with Crippen LogP contribution in [0.15, 0.2) is 43.1 Å². The third-order valence-electron chi connectivity index (χ3n) is 8.32. The van der Waals surface area contributed by atoms with Crippen molar-refractivity contribution in [2.75, 3.05) is 0 Å². The number of hydrogen-bond donors (Lipinski definition) is 0. The summed E-state index contributed by atoms with van der Waals surface area (Å²) in [5.41, 5.74) is 2.00. The van der Waals surface area contributed by atoms with Gasteiger partial charge in [-0.3, -0.25) is 4.98 Å². The average Bonchev–Trinajstić information content (AvgIpc) is 2.85. The molecule has 35 heavy (non-hydrogen) atoms. The van der Waals surface area contributed by atoms with Crippen LogP contribution in [0.25, 0.3) is 11.1 Å². The molecular formula is C30H37F4N. The molecule has 2 unspecified atom stereocenters. The molecule has 0 spiro atoms. The first kappa shape index (κ1) is 25.9. The molecule has 0 bridgehead atoms. The molecule has 190 valence electrons. The van der Waals surface area contributed by atoms with E-state index in [1.165, 1.54) is 0 Å². The molecule has 1 heterocycles. The summed E-state index contributed by atoms with van der Waals surface area (Å²) in [6.07, 6.45) is 10.9. The molecule has 0 N–H and O–H groups in total. The van der Waals surface area contributed by atoms with Crippen molar-refractivity contribution in [3.05, 3.63) is 66.0 Å². The van der Waals surface area contributed by atoms with Gasteiger partial charge in [-0.05, 0) is 80.8 Å². The number of rotatable bonds is 8. The zero-order chi connectivity index (χ0) is 25.0. The van der Waals surface area contributed by atoms with E-state index < -0.39 is 23.5 Å². The van der Waals surface area contributed by atoms with Crippen LogP contribution in [0.4, 0.5) is 17.6 Å². The molecule has 0 radical (unpaired) electrons. The quantitative estimate of drug-likeness (QED) is 0.267. The van der Waals surface area contributed by atoms with Gasteiger partial charge in [0.2, 0.25) is 0 Å². The van der Waals surface area contributed by atoms with Crippen LogP contribution in [0.1, 0.15) is 88.3 Å². The first-order valence-corrected chi connectivity index (χ1v) is 13.3. The number of nitrogens with zero attached hydrogens (tertiary/aromatic N) is 1. The van der Waals surface area contributed by atoms with Crippen molar-refractivity contribution >= 4 is 0 Å². The largest absolute Gasteiger partial charge is 0.261 e. The average molecular weight is 488 g/mol. The van der Waals surface area contributed by atoms with Crippen molar-refractivity contribution in [2.24, 2.45) is 17.8 Å². The molecule has 5 heteroatoms. The summed E-state index contributed by atoms with van der Waals surface area (Å²) >= 11 is 0. The second-order valence-electron chi connectivity index (χ2n) is 10.6. The monoisotopic (exact) mass is 487 g/mol. The molecule has 0 saturated heterocycles. The van der Waals surface area contributed by atoms with Crippen LogP contribution in [-0.2, 0) is 6.42 Å². The topological polar surface area (TPSA) is 12.9 Å². The standard InChI is InChI=1S/C30H37F4N/c1-3-5-7-24-14-13-23(19-35-24)26-16-15-25(28(31)29(26)32)21-9-11-22(12-10-21)27-17-8-20(6-4-2)18-30(27,33)34/h3,13-16,19-22,27H,1,4-12,17-18H2,2H3. The highest BCUT2D eigenvalue weighted by Gasteiger charge is 2.48. The van der Waals surface area contributed by atoms with E-state index in [1.54, 1.807) is 24.4 Å². The van der Waals surface area contributed by atoms with Gasteiger partial charge >= 0.3 is 0 Å². The SMILES string of the molecule is C=CCCc1ccc(-c2ccc(C3CCC(C4CCC(CCC)CC4(F)F)CC3)c(F)c2F)cn1. The molecule has 2 aromatic rings. The van der Waals surface area contributed by atoms with Crippen molar-refractivity contribution in [1.29, 1.82) is 0 Å². The highest BCUT2D eigenvalue weighted by Crippen LogP contribution is 2.51. The molecule has 2 aliphatic rings. The van der Waals surface area contributed by atoms with Crippen molar-refractivity contribution in [2.45, 2.75) is 89.4 Å². The van der Waals surface area contributed by atoms with Crippen LogP contribution in [0.5, 0.6) is 0 Å². The molecular weight excluding hydrogens is 450 g/mol. The van der Waals surface area contributed by atoms with E-state index in [4.69, 9.17) is 0 Å². The van der Waals surface area contributed by atoms with Crippen molar-refractivity contribution in [3.8, 4) is 11.1 Å². The summed E-state index contributed by atoms with van der Waals surface area (Å²) in [6, 6.07) is 6.90. The first-order chi connectivity index (χ1) is 16.8. The molecule has 4 rings (SSSR count). The lowest BCUT2D eigenvalue weighted by atomic mass is 9.66. The molecule has 2 aliphatic carbocycles. The van der Waals surface area contributed by atoms with Gasteiger partial charge in [0, 0.05) is 35.4 Å². The van der Waals surface area contributed by atoms with Gasteiger partial charge in [0.1, 0.15) is 0 Å². The Bertz CT molecular complexity index is 992. The van der Waals surface area contributed by atoms with E-state index in [0.717, 1.165) is 37.8 Å². The Morgan fingerprint density at radius 2 is 1.77 bits per heavy atom. The lowest BCUT2D eigenvalue weighted by Crippen LogP contribution is -2.41. The molecule has 0 aliphatic heterocycles. The Labute approximate surface area is 207 Å². The molecule has 0 amide bonds. The minimum Gasteiger partial charge on any atom is -0.261 e. The van der Waals surface area contributed by atoms with Gasteiger partial charge in [-0.2, -0.15) is 0 Å². The summed E-state index contributed by atoms with van der Waals surface area (Å²) in [6.45, 7) is 5.75. The number of allylic oxidation sites excluding steroid dienone is 1. The summed E-state index contributed by atoms with van der Waals surface area (Å²) in [4.78, 5) is 4.36. The van der Waals surface area contributed by atoms with E-state index >= 15 is 8.78 Å². The number of hydrogen-bond acceptors (Lipinski definition) is 1. The Morgan fingerprint density at radius 3 is 2.40 bits per heavy atom. The summed E-state index contributed by atoms with van der Waals surface area (Å²) in [5, 5.41) is 0. The third-order valence-corrected chi connectivity index (χ3v) is 8.32. The number of aromatic nitrogens is 1. The number of aryl methyl sites for hydroxylation is 1. The lowest BCUT2D eigenvalue weighted by Gasteiger charge is -2.42. The van der Waals surface area contributed by atoms with E-state index in [9.17, 15) is 8.78 Å². The molecule has 1 aromatic heterocycles. The van der Waals surface area contributed by atoms with E-state index in [1.807, 2.05) is 12.1 Å². The number of alkyl halides is 2. The van der Waals surface area contributed by atoms with Gasteiger partial charge in [0.05, 0.1) is 0 Å². The van der Waals surface area contributed by atoms with Gasteiger partial charge < -0.3 is 0 Å². The van der Waals surface area contributed by atoms with Crippen LogP contribution in [-0.4, -0.2) is 10.9 Å². The fourth-order valence-electron chi connectivity index (χ4n) is 6.42. The van der Waals surface area contributed by atoms with Crippen LogP contribution >= 0.6 is 0 Å². The van der Waals surface area contributed by atoms with Gasteiger partial charge in [-0.1, -0.05) is 44.0 Å². The van der Waals surface area contributed by atoms with Crippen LogP contribution in [0.3, 0.4) is 0 Å². The molecule has 1 aromatic carbocycles. The predicted octanol–water partition coefficient (Wildman–Crippen LogP) is 9.27. The van der Waals surface area contributed by atoms with Crippen molar-refractivity contribution in [1.82, 2.24) is 4.98 Å². The van der Waals surface area contributed by atoms with Crippen molar-refractivity contribution < 1.29 is 17.6 Å². The molecule has 2 fully saturated rings. The Balaban J connectivity index is 1.41. The maximum Gasteiger partial charge on any atom is 0.251 e. The predicted molar refractivity (Wildman–Crippen MR) is 133 cm³/mol. The van der Waals surface area contributed by atoms with Gasteiger partial charge in [-0.25, -0.2) is 17.6 Å². The van der Waals surface area contributed by atoms with Crippen molar-refractivity contribution in [3.63, 3.8) is 0 Å². The minimum absolute atomic E-state index is 0.0107. The third kappa shape index (κ3) is 5.81. The molecule has 2 saturated carbocycles. The first-order valence-electron chi connectivity index (χ1n) is 13.3. The Morgan fingerprint density at radius 1 is 1.00 bits per heavy atom. The molecule has 1 nitrogen and oxygen atoms in total. The van der Waals surface area contributed by atoms with Gasteiger partial charge in [0.15, 0.2) is 11.6 Å². The minimum atomic E-state index is -2.61. The van der Waals surface area contributed by atoms with Gasteiger partial charge in [0.25, 0.3) is 5.92 Å². The number of halogens is 4. The lowest BCUT2D eigenvalue weighted by molar-refractivity contribution is -0.127. The van der Waals surface area contributed by atoms with Crippen LogP contribution < -0.4 is 0 Å². The fourth-order valence-corrected chi connectivity index (χ4v) is 6.42. The normalized spacial score (nSPS) is 26.4. The highest BCUT2D eigenvalue weighted by molar-refractivity contribution is 5.64. The molecule has 2 atom stereocenters. The van der Waals surface area contributed by atoms with Crippen LogP contribution in [0, 0.1) is 29.4 Å². The van der Waals surface area contributed by atoms with E-state index in [2.05, 4.69) is 18.5 Å². The van der Waals surface area contributed by atoms with E-state index in [-0.39, 0.29) is 29.7 Å². The number of pyridine rings is 1. The highest BCUT2D eigenvalue weighted by atomic mass is 19.3. The summed E-state index contributed by atoms with van der Waals surface area (Å²) in [5.74, 6) is -4.86. The van der Waals surface area contributed by atoms with Crippen LogP contribution in [0.2, 0.25) is 0 Å². The fraction of sp³-hybridized carbons (Fsp3) is 0.567. The zero-order valence-corrected chi connectivity index (χ0v) is 20.7. The maximum atomic E-state index is 15.1. The number of benzene rings is 1. The maximum absolute atomic E-state index is 15.1. The van der Waals surface area contributed by atoms with E-state index in [0.29, 0.717) is 43.2 Å². The summed E-state index contributed by atoms with van der Waals surface area (Å²) in [7, 11) is 0. The smallest absolute Gasteiger partial charge is 0.251 e.